The molecule has 2 aliphatic heterocycles. The Balaban J connectivity index is 1.02. The first-order valence-electron chi connectivity index (χ1n) is 25.1. The molecule has 2 aromatic carbocycles. The number of hydrogen-bond donors (Lipinski definition) is 7. The average molecular weight is 1210 g/mol. The summed E-state index contributed by atoms with van der Waals surface area (Å²) >= 11 is 6.95. The van der Waals surface area contributed by atoms with Gasteiger partial charge in [0.05, 0.1) is 37.4 Å². The fourth-order valence-corrected chi connectivity index (χ4v) is 14.8. The number of carbonyl (C=O) groups excluding carboxylic acids is 6. The first-order chi connectivity index (χ1) is 39.5. The predicted molar refractivity (Wildman–Crippen MR) is 309 cm³/mol. The minimum absolute atomic E-state index is 0.0141. The van der Waals surface area contributed by atoms with E-state index in [1.165, 1.54) is 51.9 Å². The van der Waals surface area contributed by atoms with Crippen LogP contribution in [0.5, 0.6) is 5.75 Å². The van der Waals surface area contributed by atoms with Gasteiger partial charge in [0, 0.05) is 56.2 Å². The maximum Gasteiger partial charge on any atom is 0.271 e. The van der Waals surface area contributed by atoms with E-state index in [0.29, 0.717) is 70.1 Å². The summed E-state index contributed by atoms with van der Waals surface area (Å²) in [6.45, 7) is 3.41. The Morgan fingerprint density at radius 1 is 0.683 bits per heavy atom. The second-order valence-corrected chi connectivity index (χ2v) is 24.7. The van der Waals surface area contributed by atoms with Crippen LogP contribution >= 0.6 is 68.0 Å². The third-order valence-electron chi connectivity index (χ3n) is 13.7. The molecule has 418 valence electrons. The van der Waals surface area contributed by atoms with Crippen molar-refractivity contribution in [1.29, 1.82) is 0 Å². The van der Waals surface area contributed by atoms with E-state index in [-0.39, 0.29) is 45.8 Å². The summed E-state index contributed by atoms with van der Waals surface area (Å²) in [6.07, 6.45) is -2.71. The Kier molecular flexibility index (Phi) is 15.9. The summed E-state index contributed by atoms with van der Waals surface area (Å²) in [5.74, 6) is -4.00. The van der Waals surface area contributed by atoms with Gasteiger partial charge in [-0.15, -0.1) is 68.0 Å². The molecule has 28 heteroatoms. The van der Waals surface area contributed by atoms with Crippen LogP contribution in [0.3, 0.4) is 0 Å². The second kappa shape index (κ2) is 23.4. The van der Waals surface area contributed by atoms with Gasteiger partial charge < -0.3 is 47.3 Å². The SMILES string of the molecule is COc1ccc(C[C@@H]2NC(=O)c3csc(n3)[C@H]([C@H](O)c3ccccc3)NC(=O)c3nc(sc3C)[C@H](CC(N)=O)NC(=O)c3csc(n3)-c3ccc(-c4nc(C(N)=O)cs4)nc3-c3csc(n3)-c3csc(n3)[C@@H]3[C@@H](C)[C@@H](O)CN3C2=O)cc1. The highest BCUT2D eigenvalue weighted by atomic mass is 32.1. The number of benzene rings is 2. The van der Waals surface area contributed by atoms with Crippen molar-refractivity contribution >= 4 is 103 Å². The molecule has 10 bridgehead atoms. The Labute approximate surface area is 490 Å². The molecule has 11 rings (SSSR count). The molecule has 7 atom stereocenters. The molecule has 9 heterocycles. The van der Waals surface area contributed by atoms with Crippen molar-refractivity contribution in [3.05, 3.63) is 147 Å². The molecule has 0 unspecified atom stereocenters. The summed E-state index contributed by atoms with van der Waals surface area (Å²) in [5, 5.41) is 42.4. The van der Waals surface area contributed by atoms with Gasteiger partial charge in [-0.2, -0.15) is 0 Å². The monoisotopic (exact) mass is 1210 g/mol. The number of aryl methyl sites for hydroxylation is 1. The number of ether oxygens (including phenoxy) is 1. The van der Waals surface area contributed by atoms with Crippen molar-refractivity contribution < 1.29 is 43.7 Å². The lowest BCUT2D eigenvalue weighted by Crippen LogP contribution is -2.50. The molecule has 0 saturated carbocycles. The van der Waals surface area contributed by atoms with E-state index in [1.54, 1.807) is 89.3 Å². The van der Waals surface area contributed by atoms with E-state index in [9.17, 15) is 34.2 Å². The smallest absolute Gasteiger partial charge is 0.271 e. The maximum atomic E-state index is 15.2. The third-order valence-corrected chi connectivity index (χ3v) is 19.2. The van der Waals surface area contributed by atoms with E-state index < -0.39 is 84.2 Å². The summed E-state index contributed by atoms with van der Waals surface area (Å²) in [7, 11) is 1.54. The Morgan fingerprint density at radius 3 is 2.06 bits per heavy atom. The van der Waals surface area contributed by atoms with Crippen molar-refractivity contribution in [2.45, 2.75) is 63.1 Å². The van der Waals surface area contributed by atoms with Crippen LogP contribution in [0.25, 0.3) is 43.4 Å². The van der Waals surface area contributed by atoms with Gasteiger partial charge in [0.15, 0.2) is 0 Å². The Morgan fingerprint density at radius 2 is 1.33 bits per heavy atom. The first kappa shape index (κ1) is 55.8. The lowest BCUT2D eigenvalue weighted by atomic mass is 10.00. The molecule has 0 radical (unpaired) electrons. The van der Waals surface area contributed by atoms with Gasteiger partial charge >= 0.3 is 0 Å². The zero-order valence-corrected chi connectivity index (χ0v) is 48.2. The zero-order valence-electron chi connectivity index (χ0n) is 43.3. The highest BCUT2D eigenvalue weighted by Crippen LogP contribution is 2.43. The van der Waals surface area contributed by atoms with Crippen LogP contribution in [0.1, 0.15) is 111 Å². The van der Waals surface area contributed by atoms with Crippen LogP contribution in [-0.2, 0) is 16.0 Å². The normalized spacial score (nSPS) is 19.8. The molecule has 22 nitrogen and oxygen atoms in total. The van der Waals surface area contributed by atoms with Gasteiger partial charge in [0.1, 0.15) is 93.8 Å². The molecule has 0 spiro atoms. The fraction of sp³-hybridized carbons (Fsp3) is 0.241. The highest BCUT2D eigenvalue weighted by Gasteiger charge is 2.45. The Bertz CT molecular complexity index is 3910. The maximum absolute atomic E-state index is 15.2. The van der Waals surface area contributed by atoms with Crippen LogP contribution in [0.4, 0.5) is 0 Å². The van der Waals surface area contributed by atoms with E-state index >= 15 is 4.79 Å². The molecule has 7 aromatic heterocycles. The number of fused-ring (bicyclic) bond motifs is 16. The van der Waals surface area contributed by atoms with Crippen LogP contribution in [0, 0.1) is 12.8 Å². The number of methoxy groups -OCH3 is 1. The number of nitrogens with one attached hydrogen (secondary N) is 3. The van der Waals surface area contributed by atoms with E-state index in [0.717, 1.165) is 34.0 Å². The number of aliphatic hydroxyl groups excluding tert-OH is 2. The van der Waals surface area contributed by atoms with Crippen LogP contribution in [-0.4, -0.2) is 111 Å². The van der Waals surface area contributed by atoms with E-state index in [1.807, 2.05) is 12.3 Å². The molecular weight excluding hydrogens is 1170 g/mol. The number of nitrogens with two attached hydrogens (primary N) is 2. The third kappa shape index (κ3) is 11.4. The summed E-state index contributed by atoms with van der Waals surface area (Å²) in [6, 6.07) is 14.8. The standard InChI is InChI=1S/C54H47N13O9S6/c1-23-37(68)17-67-42(23)53-64-36(22-81-53)50-60-32(18-78-50)40-28(13-14-29(57-40)49-61-33(19-79-49)44(56)71)48-62-34(20-77-48)45(72)58-30(16-38(55)69)51-66-39(24(2)82-51)47(74)65-41(43(70)26-7-5-4-6-8-26)52-63-35(21-80-52)46(73)59-31(54(67)75)15-25-9-11-27(76-3)12-10-25/h4-14,18-23,30-31,37,41-43,68,70H,15-17H2,1-3H3,(H2,55,69)(H2,56,71)(H,58,72)(H,59,73)(H,65,74)/t23-,30-,31-,37-,41-,42-,43+/m0/s1. The molecule has 82 heavy (non-hydrogen) atoms. The van der Waals surface area contributed by atoms with Gasteiger partial charge in [0.25, 0.3) is 23.6 Å². The number of hydrogen-bond acceptors (Lipinski definition) is 22. The van der Waals surface area contributed by atoms with Gasteiger partial charge in [-0.3, -0.25) is 28.8 Å². The largest absolute Gasteiger partial charge is 0.497 e. The van der Waals surface area contributed by atoms with Crippen molar-refractivity contribution in [2.24, 2.45) is 17.4 Å². The predicted octanol–water partition coefficient (Wildman–Crippen LogP) is 6.69. The number of carbonyl (C=O) groups is 6. The van der Waals surface area contributed by atoms with Gasteiger partial charge in [-0.25, -0.2) is 34.9 Å². The van der Waals surface area contributed by atoms with Gasteiger partial charge in [-0.1, -0.05) is 49.4 Å². The van der Waals surface area contributed by atoms with E-state index in [2.05, 4.69) is 30.9 Å². The molecule has 1 fully saturated rings. The van der Waals surface area contributed by atoms with Crippen LogP contribution in [0.15, 0.2) is 93.6 Å². The number of pyridine rings is 1. The minimum atomic E-state index is -1.40. The van der Waals surface area contributed by atoms with Crippen molar-refractivity contribution in [3.63, 3.8) is 0 Å². The topological polar surface area (TPSA) is 334 Å². The second-order valence-electron chi connectivity index (χ2n) is 19.1. The van der Waals surface area contributed by atoms with Crippen LogP contribution < -0.4 is 32.2 Å². The molecular formula is C54H47N13O9S6. The lowest BCUT2D eigenvalue weighted by Gasteiger charge is -2.29. The molecule has 2 aliphatic rings. The number of rotatable bonds is 9. The quantitative estimate of drug-likeness (QED) is 0.0791. The minimum Gasteiger partial charge on any atom is -0.497 e. The Hall–Kier alpha value is -8.09. The lowest BCUT2D eigenvalue weighted by molar-refractivity contribution is -0.134. The molecule has 0 aliphatic carbocycles. The van der Waals surface area contributed by atoms with E-state index in [4.69, 9.17) is 36.1 Å². The number of nitrogens with zero attached hydrogens (tertiary/aromatic N) is 8. The molecule has 6 amide bonds. The average Bonchev–Trinajstić information content (AvgIpc) is 4.44. The summed E-state index contributed by atoms with van der Waals surface area (Å²) < 4.78 is 5.39. The van der Waals surface area contributed by atoms with Gasteiger partial charge in [0.2, 0.25) is 11.8 Å². The van der Waals surface area contributed by atoms with Crippen molar-refractivity contribution in [3.8, 4) is 49.1 Å². The number of thiazole rings is 6. The molecule has 1 saturated heterocycles. The summed E-state index contributed by atoms with van der Waals surface area (Å²) in [5.41, 5.74) is 14.4. The molecule has 9 N–H and O–H groups in total. The summed E-state index contributed by atoms with van der Waals surface area (Å²) in [4.78, 5) is 118. The first-order valence-corrected chi connectivity index (χ1v) is 30.3. The number of aromatic nitrogens is 7. The fourth-order valence-electron chi connectivity index (χ4n) is 9.44. The number of primary amides is 2. The zero-order chi connectivity index (χ0) is 57.5. The van der Waals surface area contributed by atoms with Gasteiger partial charge in [-0.05, 0) is 42.3 Å². The van der Waals surface area contributed by atoms with Crippen LogP contribution in [0.2, 0.25) is 0 Å². The van der Waals surface area contributed by atoms with Crippen molar-refractivity contribution in [1.82, 2.24) is 55.7 Å². The number of aliphatic hydroxyl groups is 2. The molecule has 9 aromatic rings. The van der Waals surface area contributed by atoms with Crippen molar-refractivity contribution in [2.75, 3.05) is 13.7 Å². The highest BCUT2D eigenvalue weighted by molar-refractivity contribution is 7.15. The number of amides is 6.